The molecule has 1 aromatic carbocycles. The number of hydrogen-bond donors (Lipinski definition) is 2. The average molecular weight is 246 g/mol. The summed E-state index contributed by atoms with van der Waals surface area (Å²) < 4.78 is 0. The molecule has 1 aromatic heterocycles. The molecule has 0 amide bonds. The van der Waals surface area contributed by atoms with Crippen LogP contribution < -0.4 is 11.1 Å². The molecule has 0 saturated carbocycles. The second kappa shape index (κ2) is 5.65. The second-order valence-corrected chi connectivity index (χ2v) is 4.30. The zero-order valence-electron chi connectivity index (χ0n) is 9.55. The maximum atomic E-state index is 5.60. The van der Waals surface area contributed by atoms with Crippen molar-refractivity contribution in [2.24, 2.45) is 5.73 Å². The molecule has 0 aliphatic heterocycles. The smallest absolute Gasteiger partial charge is 0.134 e. The monoisotopic (exact) mass is 246 g/mol. The lowest BCUT2D eigenvalue weighted by Crippen LogP contribution is -1.98. The predicted octanol–water partition coefficient (Wildman–Crippen LogP) is 2.40. The maximum absolute atomic E-state index is 5.60. The first kappa shape index (κ1) is 11.9. The molecule has 0 bridgehead atoms. The minimum Gasteiger partial charge on any atom is -0.340 e. The van der Waals surface area contributed by atoms with Gasteiger partial charge in [0, 0.05) is 18.3 Å². The van der Waals surface area contributed by atoms with E-state index >= 15 is 0 Å². The third-order valence-corrected chi connectivity index (χ3v) is 2.93. The number of benzene rings is 1. The lowest BCUT2D eigenvalue weighted by Gasteiger charge is -2.07. The van der Waals surface area contributed by atoms with Crippen LogP contribution in [0.25, 0.3) is 0 Å². The van der Waals surface area contributed by atoms with E-state index in [0.29, 0.717) is 6.54 Å². The van der Waals surface area contributed by atoms with Gasteiger partial charge < -0.3 is 11.1 Å². The van der Waals surface area contributed by atoms with E-state index in [1.165, 1.54) is 0 Å². The van der Waals surface area contributed by atoms with Gasteiger partial charge in [-0.3, -0.25) is 0 Å². The summed E-state index contributed by atoms with van der Waals surface area (Å²) in [6, 6.07) is 9.89. The van der Waals surface area contributed by atoms with E-state index in [1.807, 2.05) is 36.6 Å². The molecule has 0 unspecified atom stereocenters. The van der Waals surface area contributed by atoms with Crippen molar-refractivity contribution in [1.82, 2.24) is 9.97 Å². The highest BCUT2D eigenvalue weighted by Crippen LogP contribution is 2.18. The number of nitrogens with zero attached hydrogens (tertiary/aromatic N) is 2. The number of anilines is 2. The number of thioether (sulfide) groups is 1. The van der Waals surface area contributed by atoms with Crippen molar-refractivity contribution in [2.45, 2.75) is 11.6 Å². The van der Waals surface area contributed by atoms with Gasteiger partial charge in [-0.15, -0.1) is 11.8 Å². The number of rotatable bonds is 4. The van der Waals surface area contributed by atoms with Crippen LogP contribution in [0.15, 0.2) is 41.7 Å². The summed E-state index contributed by atoms with van der Waals surface area (Å²) >= 11 is 1.59. The molecule has 88 valence electrons. The fourth-order valence-corrected chi connectivity index (χ4v) is 1.83. The Bertz CT molecular complexity index is 456. The molecule has 3 N–H and O–H groups in total. The van der Waals surface area contributed by atoms with Crippen LogP contribution in [0.2, 0.25) is 0 Å². The number of nitrogens with two attached hydrogens (primary N) is 1. The molecule has 0 aliphatic rings. The fourth-order valence-electron chi connectivity index (χ4n) is 1.44. The van der Waals surface area contributed by atoms with Crippen LogP contribution >= 0.6 is 11.8 Å². The van der Waals surface area contributed by atoms with Crippen molar-refractivity contribution >= 4 is 23.3 Å². The van der Waals surface area contributed by atoms with E-state index < -0.39 is 0 Å². The van der Waals surface area contributed by atoms with Crippen LogP contribution in [0.3, 0.4) is 0 Å². The summed E-state index contributed by atoms with van der Waals surface area (Å²) in [4.78, 5) is 8.30. The number of nitrogens with one attached hydrogen (secondary N) is 1. The largest absolute Gasteiger partial charge is 0.340 e. The molecular weight excluding hydrogens is 232 g/mol. The van der Waals surface area contributed by atoms with Crippen molar-refractivity contribution in [3.8, 4) is 0 Å². The van der Waals surface area contributed by atoms with Crippen molar-refractivity contribution in [3.63, 3.8) is 0 Å². The molecule has 2 rings (SSSR count). The Balaban J connectivity index is 2.18. The van der Waals surface area contributed by atoms with Crippen LogP contribution in [-0.4, -0.2) is 16.2 Å². The van der Waals surface area contributed by atoms with Crippen LogP contribution in [0.1, 0.15) is 5.56 Å². The van der Waals surface area contributed by atoms with Crippen molar-refractivity contribution in [2.75, 3.05) is 11.6 Å². The SMILES string of the molecule is CSc1cc(Nc2cccc(CN)c2)ncn1. The summed E-state index contributed by atoms with van der Waals surface area (Å²) in [7, 11) is 0. The van der Waals surface area contributed by atoms with Gasteiger partial charge in [0.25, 0.3) is 0 Å². The lowest BCUT2D eigenvalue weighted by molar-refractivity contribution is 1.05. The second-order valence-electron chi connectivity index (χ2n) is 3.48. The average Bonchev–Trinajstić information content (AvgIpc) is 2.39. The van der Waals surface area contributed by atoms with Gasteiger partial charge in [-0.1, -0.05) is 12.1 Å². The number of aromatic nitrogens is 2. The molecule has 0 saturated heterocycles. The van der Waals surface area contributed by atoms with Gasteiger partial charge >= 0.3 is 0 Å². The van der Waals surface area contributed by atoms with Gasteiger partial charge in [-0.2, -0.15) is 0 Å². The first-order chi connectivity index (χ1) is 8.31. The van der Waals surface area contributed by atoms with Gasteiger partial charge in [0.1, 0.15) is 17.2 Å². The molecule has 0 aliphatic carbocycles. The Hall–Kier alpha value is -1.59. The Morgan fingerprint density at radius 3 is 2.94 bits per heavy atom. The molecule has 0 atom stereocenters. The highest BCUT2D eigenvalue weighted by molar-refractivity contribution is 7.98. The standard InChI is InChI=1S/C12H14N4S/c1-17-12-6-11(14-8-15-12)16-10-4-2-3-9(5-10)7-13/h2-6,8H,7,13H2,1H3,(H,14,15,16). The highest BCUT2D eigenvalue weighted by Gasteiger charge is 1.99. The third kappa shape index (κ3) is 3.18. The predicted molar refractivity (Wildman–Crippen MR) is 71.4 cm³/mol. The van der Waals surface area contributed by atoms with E-state index in [-0.39, 0.29) is 0 Å². The Morgan fingerprint density at radius 2 is 2.18 bits per heavy atom. The Kier molecular flexibility index (Phi) is 3.95. The summed E-state index contributed by atoms with van der Waals surface area (Å²) in [5.41, 5.74) is 7.68. The molecular formula is C12H14N4S. The molecule has 1 heterocycles. The molecule has 0 spiro atoms. The van der Waals surface area contributed by atoms with Gasteiger partial charge in [-0.25, -0.2) is 9.97 Å². The minimum absolute atomic E-state index is 0.537. The topological polar surface area (TPSA) is 63.8 Å². The van der Waals surface area contributed by atoms with Crippen LogP contribution in [-0.2, 0) is 6.54 Å². The minimum atomic E-state index is 0.537. The highest BCUT2D eigenvalue weighted by atomic mass is 32.2. The molecule has 4 nitrogen and oxygen atoms in total. The van der Waals surface area contributed by atoms with Gasteiger partial charge in [0.05, 0.1) is 0 Å². The van der Waals surface area contributed by atoms with E-state index in [2.05, 4.69) is 15.3 Å². The maximum Gasteiger partial charge on any atom is 0.134 e. The van der Waals surface area contributed by atoms with Gasteiger partial charge in [-0.05, 0) is 24.0 Å². The van der Waals surface area contributed by atoms with Crippen LogP contribution in [0.4, 0.5) is 11.5 Å². The lowest BCUT2D eigenvalue weighted by atomic mass is 10.2. The molecule has 17 heavy (non-hydrogen) atoms. The van der Waals surface area contributed by atoms with Gasteiger partial charge in [0.2, 0.25) is 0 Å². The van der Waals surface area contributed by atoms with Crippen molar-refractivity contribution in [1.29, 1.82) is 0 Å². The zero-order valence-corrected chi connectivity index (χ0v) is 10.4. The molecule has 0 fully saturated rings. The summed E-state index contributed by atoms with van der Waals surface area (Å²) in [5.74, 6) is 0.790. The van der Waals surface area contributed by atoms with Crippen LogP contribution in [0, 0.1) is 0 Å². The Labute approximate surface area is 105 Å². The molecule has 0 radical (unpaired) electrons. The number of hydrogen-bond acceptors (Lipinski definition) is 5. The molecule has 5 heteroatoms. The Morgan fingerprint density at radius 1 is 1.29 bits per heavy atom. The van der Waals surface area contributed by atoms with Gasteiger partial charge in [0.15, 0.2) is 0 Å². The summed E-state index contributed by atoms with van der Waals surface area (Å²) in [6.45, 7) is 0.537. The zero-order chi connectivity index (χ0) is 12.1. The van der Waals surface area contributed by atoms with Crippen molar-refractivity contribution < 1.29 is 0 Å². The quantitative estimate of drug-likeness (QED) is 0.640. The third-order valence-electron chi connectivity index (χ3n) is 2.29. The summed E-state index contributed by atoms with van der Waals surface area (Å²) in [6.07, 6.45) is 3.54. The van der Waals surface area contributed by atoms with E-state index in [9.17, 15) is 0 Å². The van der Waals surface area contributed by atoms with E-state index in [0.717, 1.165) is 22.1 Å². The molecule has 2 aromatic rings. The van der Waals surface area contributed by atoms with E-state index in [4.69, 9.17) is 5.73 Å². The van der Waals surface area contributed by atoms with E-state index in [1.54, 1.807) is 18.1 Å². The summed E-state index contributed by atoms with van der Waals surface area (Å²) in [5, 5.41) is 4.18. The first-order valence-electron chi connectivity index (χ1n) is 5.24. The van der Waals surface area contributed by atoms with Crippen molar-refractivity contribution in [3.05, 3.63) is 42.2 Å². The normalized spacial score (nSPS) is 10.2. The first-order valence-corrected chi connectivity index (χ1v) is 6.46. The van der Waals surface area contributed by atoms with Crippen LogP contribution in [0.5, 0.6) is 0 Å². The fraction of sp³-hybridized carbons (Fsp3) is 0.167.